The maximum absolute atomic E-state index is 12.3. The Kier molecular flexibility index (Phi) is 6.77. The van der Waals surface area contributed by atoms with Gasteiger partial charge in [-0.15, -0.1) is 0 Å². The molecule has 1 saturated carbocycles. The summed E-state index contributed by atoms with van der Waals surface area (Å²) in [4.78, 5) is 14.6. The number of nitrogens with one attached hydrogen (secondary N) is 1. The molecule has 0 spiro atoms. The second-order valence-electron chi connectivity index (χ2n) is 9.96. The fourth-order valence-electron chi connectivity index (χ4n) is 4.98. The number of anilines is 1. The Morgan fingerprint density at radius 2 is 1.89 bits per heavy atom. The van der Waals surface area contributed by atoms with Gasteiger partial charge in [-0.25, -0.2) is 0 Å². The lowest BCUT2D eigenvalue weighted by Gasteiger charge is -2.40. The number of nitriles is 1. The molecule has 2 aromatic carbocycles. The predicted molar refractivity (Wildman–Crippen MR) is 138 cm³/mol. The first kappa shape index (κ1) is 24.0. The molecular formula is C28H32N6O2. The highest BCUT2D eigenvalue weighted by atomic mass is 16.3. The average Bonchev–Trinajstić information content (AvgIpc) is 3.68. The number of benzene rings is 2. The second-order valence-corrected chi connectivity index (χ2v) is 9.96. The van der Waals surface area contributed by atoms with E-state index in [0.717, 1.165) is 61.0 Å². The van der Waals surface area contributed by atoms with Crippen molar-refractivity contribution in [3.8, 4) is 22.9 Å². The van der Waals surface area contributed by atoms with Gasteiger partial charge in [0, 0.05) is 49.4 Å². The molecule has 5 rings (SSSR count). The molecule has 186 valence electrons. The first-order valence-electron chi connectivity index (χ1n) is 12.6. The van der Waals surface area contributed by atoms with E-state index in [1.54, 1.807) is 0 Å². The summed E-state index contributed by atoms with van der Waals surface area (Å²) in [6.07, 6.45) is 5.55. The van der Waals surface area contributed by atoms with E-state index < -0.39 is 5.54 Å². The number of carbonyl (C=O) groups is 1. The highest BCUT2D eigenvalue weighted by Gasteiger charge is 2.38. The summed E-state index contributed by atoms with van der Waals surface area (Å²) in [5.74, 6) is 0.881. The minimum atomic E-state index is -0.447. The molecule has 2 heterocycles. The summed E-state index contributed by atoms with van der Waals surface area (Å²) in [5.41, 5.74) is 9.23. The number of aromatic hydroxyl groups is 1. The van der Waals surface area contributed by atoms with Crippen LogP contribution in [0.5, 0.6) is 5.75 Å². The summed E-state index contributed by atoms with van der Waals surface area (Å²) < 4.78 is 1.87. The molecule has 0 radical (unpaired) electrons. The van der Waals surface area contributed by atoms with Crippen LogP contribution in [0.25, 0.3) is 11.1 Å². The molecule has 2 fully saturated rings. The summed E-state index contributed by atoms with van der Waals surface area (Å²) >= 11 is 0. The van der Waals surface area contributed by atoms with Gasteiger partial charge < -0.3 is 16.2 Å². The largest absolute Gasteiger partial charge is 0.508 e. The number of nitrogens with two attached hydrogens (primary N) is 1. The normalized spacial score (nSPS) is 17.4. The van der Waals surface area contributed by atoms with E-state index in [1.807, 2.05) is 59.4 Å². The number of rotatable bonds is 8. The average molecular weight is 485 g/mol. The van der Waals surface area contributed by atoms with Gasteiger partial charge in [0.25, 0.3) is 0 Å². The maximum atomic E-state index is 12.3. The number of phenolic OH excluding ortho intramolecular Hbond substituents is 1. The zero-order valence-corrected chi connectivity index (χ0v) is 20.4. The van der Waals surface area contributed by atoms with E-state index in [2.05, 4.69) is 16.3 Å². The number of hydrogen-bond acceptors (Lipinski definition) is 6. The minimum Gasteiger partial charge on any atom is -0.508 e. The molecule has 2 aliphatic rings. The van der Waals surface area contributed by atoms with Gasteiger partial charge in [-0.05, 0) is 42.9 Å². The first-order chi connectivity index (χ1) is 17.5. The topological polar surface area (TPSA) is 120 Å². The van der Waals surface area contributed by atoms with Gasteiger partial charge in [0.15, 0.2) is 5.82 Å². The van der Waals surface area contributed by atoms with Crippen LogP contribution in [-0.4, -0.2) is 38.8 Å². The third-order valence-corrected chi connectivity index (χ3v) is 7.47. The molecule has 3 aromatic rings. The fourth-order valence-corrected chi connectivity index (χ4v) is 4.98. The van der Waals surface area contributed by atoms with Crippen molar-refractivity contribution in [1.29, 1.82) is 5.26 Å². The third kappa shape index (κ3) is 4.99. The second kappa shape index (κ2) is 10.1. The Labute approximate surface area is 211 Å². The highest BCUT2D eigenvalue weighted by Crippen LogP contribution is 2.36. The van der Waals surface area contributed by atoms with E-state index in [1.165, 1.54) is 0 Å². The summed E-state index contributed by atoms with van der Waals surface area (Å²) in [7, 11) is 0. The van der Waals surface area contributed by atoms with Gasteiger partial charge in [0.1, 0.15) is 5.75 Å². The number of amides is 1. The molecule has 1 aliphatic carbocycles. The van der Waals surface area contributed by atoms with Crippen molar-refractivity contribution >= 4 is 11.7 Å². The number of aromatic nitrogens is 2. The number of hydrogen-bond donors (Lipinski definition) is 3. The van der Waals surface area contributed by atoms with E-state index >= 15 is 0 Å². The van der Waals surface area contributed by atoms with Crippen LogP contribution in [0.2, 0.25) is 0 Å². The Balaban J connectivity index is 1.28. The number of carbonyl (C=O) groups excluding carboxylic acids is 1. The van der Waals surface area contributed by atoms with E-state index in [0.29, 0.717) is 24.5 Å². The zero-order valence-electron chi connectivity index (χ0n) is 20.4. The van der Waals surface area contributed by atoms with Gasteiger partial charge in [-0.2, -0.15) is 10.4 Å². The SMILES string of the molecule is N#CCC1(n2cc(CN)c(NC(=O)C3CC3)n2)CCN(Cc2ccc(-c3ccccc3)cc2O)CC1. The van der Waals surface area contributed by atoms with Crippen LogP contribution >= 0.6 is 0 Å². The van der Waals surface area contributed by atoms with E-state index in [-0.39, 0.29) is 18.4 Å². The molecule has 1 saturated heterocycles. The van der Waals surface area contributed by atoms with Crippen molar-refractivity contribution < 1.29 is 9.90 Å². The van der Waals surface area contributed by atoms with Crippen LogP contribution in [0.4, 0.5) is 5.82 Å². The Bertz CT molecular complexity index is 1270. The summed E-state index contributed by atoms with van der Waals surface area (Å²) in [6, 6.07) is 18.2. The first-order valence-corrected chi connectivity index (χ1v) is 12.6. The van der Waals surface area contributed by atoms with E-state index in [9.17, 15) is 15.2 Å². The van der Waals surface area contributed by atoms with Gasteiger partial charge in [0.05, 0.1) is 18.0 Å². The molecule has 0 atom stereocenters. The molecule has 8 nitrogen and oxygen atoms in total. The van der Waals surface area contributed by atoms with Crippen LogP contribution in [0.15, 0.2) is 54.7 Å². The number of piperidine rings is 1. The molecule has 4 N–H and O–H groups in total. The molecule has 8 heteroatoms. The lowest BCUT2D eigenvalue weighted by molar-refractivity contribution is -0.117. The zero-order chi connectivity index (χ0) is 25.1. The van der Waals surface area contributed by atoms with Crippen LogP contribution in [0.3, 0.4) is 0 Å². The molecular weight excluding hydrogens is 452 g/mol. The van der Waals surface area contributed by atoms with Gasteiger partial charge >= 0.3 is 0 Å². The van der Waals surface area contributed by atoms with Crippen LogP contribution < -0.4 is 11.1 Å². The van der Waals surface area contributed by atoms with Crippen molar-refractivity contribution in [2.75, 3.05) is 18.4 Å². The molecule has 0 bridgehead atoms. The Morgan fingerprint density at radius 1 is 1.14 bits per heavy atom. The van der Waals surface area contributed by atoms with Crippen molar-refractivity contribution in [3.63, 3.8) is 0 Å². The number of nitrogens with zero attached hydrogens (tertiary/aromatic N) is 4. The minimum absolute atomic E-state index is 0.00260. The smallest absolute Gasteiger partial charge is 0.228 e. The quantitative estimate of drug-likeness (QED) is 0.445. The Hall–Kier alpha value is -3.67. The van der Waals surface area contributed by atoms with Gasteiger partial charge in [-0.1, -0.05) is 42.5 Å². The van der Waals surface area contributed by atoms with Gasteiger partial charge in [-0.3, -0.25) is 14.4 Å². The monoisotopic (exact) mass is 484 g/mol. The third-order valence-electron chi connectivity index (χ3n) is 7.47. The molecule has 1 amide bonds. The number of likely N-dealkylation sites (tertiary alicyclic amines) is 1. The Morgan fingerprint density at radius 3 is 2.53 bits per heavy atom. The predicted octanol–water partition coefficient (Wildman–Crippen LogP) is 3.97. The summed E-state index contributed by atoms with van der Waals surface area (Å²) in [5, 5.41) is 28.0. The lowest BCUT2D eigenvalue weighted by Crippen LogP contribution is -2.46. The standard InChI is InChI=1S/C28H32N6O2/c29-13-10-28(34-19-24(17-30)26(32-34)31-27(36)21-6-7-21)11-14-33(15-12-28)18-23-9-8-22(16-25(23)35)20-4-2-1-3-5-20/h1-5,8-9,16,19,21,35H,6-7,10-12,14-15,17-18,30H2,(H,31,32,36). The van der Waals surface area contributed by atoms with Crippen molar-refractivity contribution in [3.05, 3.63) is 65.9 Å². The fraction of sp³-hybridized carbons (Fsp3) is 0.393. The lowest BCUT2D eigenvalue weighted by atomic mass is 9.84. The van der Waals surface area contributed by atoms with Crippen LogP contribution in [-0.2, 0) is 23.4 Å². The van der Waals surface area contributed by atoms with Gasteiger partial charge in [0.2, 0.25) is 5.91 Å². The molecule has 1 aromatic heterocycles. The maximum Gasteiger partial charge on any atom is 0.228 e. The molecule has 1 aliphatic heterocycles. The highest BCUT2D eigenvalue weighted by molar-refractivity contribution is 5.93. The van der Waals surface area contributed by atoms with Crippen molar-refractivity contribution in [2.45, 2.75) is 50.7 Å². The van der Waals surface area contributed by atoms with E-state index in [4.69, 9.17) is 10.8 Å². The van der Waals surface area contributed by atoms with Crippen LogP contribution in [0, 0.1) is 17.2 Å². The van der Waals surface area contributed by atoms with Crippen LogP contribution in [0.1, 0.15) is 43.2 Å². The van der Waals surface area contributed by atoms with Crippen molar-refractivity contribution in [1.82, 2.24) is 14.7 Å². The number of phenols is 1. The summed E-state index contributed by atoms with van der Waals surface area (Å²) in [6.45, 7) is 2.44. The molecule has 36 heavy (non-hydrogen) atoms. The van der Waals surface area contributed by atoms with Crippen molar-refractivity contribution in [2.24, 2.45) is 11.7 Å². The molecule has 0 unspecified atom stereocenters.